The van der Waals surface area contributed by atoms with Gasteiger partial charge in [-0.25, -0.2) is 0 Å². The summed E-state index contributed by atoms with van der Waals surface area (Å²) in [5.41, 5.74) is 5.77. The van der Waals surface area contributed by atoms with Gasteiger partial charge in [0.25, 0.3) is 0 Å². The largest absolute Gasteiger partial charge is 0.453 e. The smallest absolute Gasteiger partial charge is 0.401 e. The summed E-state index contributed by atoms with van der Waals surface area (Å²) in [5, 5.41) is 0. The zero-order valence-corrected chi connectivity index (χ0v) is 12.5. The number of nitrogens with two attached hydrogens (primary N) is 1. The Morgan fingerprint density at radius 1 is 1.25 bits per heavy atom. The number of hydrogen-bond acceptors (Lipinski definition) is 4. The number of rotatable bonds is 4. The van der Waals surface area contributed by atoms with E-state index in [0.717, 1.165) is 5.76 Å². The fourth-order valence-electron chi connectivity index (χ4n) is 2.44. The number of furan rings is 1. The van der Waals surface area contributed by atoms with Crippen LogP contribution in [-0.2, 0) is 0 Å². The number of halogens is 4. The van der Waals surface area contributed by atoms with E-state index in [0.29, 0.717) is 37.4 Å². The van der Waals surface area contributed by atoms with Crippen LogP contribution >= 0.6 is 15.9 Å². The van der Waals surface area contributed by atoms with E-state index in [1.807, 2.05) is 6.07 Å². The lowest BCUT2D eigenvalue weighted by atomic mass is 10.1. The monoisotopic (exact) mass is 355 g/mol. The summed E-state index contributed by atoms with van der Waals surface area (Å²) in [6.07, 6.45) is -4.14. The molecule has 2 heterocycles. The molecule has 1 aromatic rings. The first-order valence-electron chi connectivity index (χ1n) is 6.37. The van der Waals surface area contributed by atoms with Crippen molar-refractivity contribution in [2.45, 2.75) is 12.2 Å². The number of nitrogens with zero attached hydrogens (tertiary/aromatic N) is 2. The number of piperazine rings is 1. The van der Waals surface area contributed by atoms with Gasteiger partial charge in [0.2, 0.25) is 0 Å². The highest BCUT2D eigenvalue weighted by Crippen LogP contribution is 2.26. The van der Waals surface area contributed by atoms with Crippen molar-refractivity contribution >= 4 is 15.9 Å². The lowest BCUT2D eigenvalue weighted by molar-refractivity contribution is -0.150. The fourth-order valence-corrected chi connectivity index (χ4v) is 2.76. The maximum absolute atomic E-state index is 12.3. The average molecular weight is 356 g/mol. The Morgan fingerprint density at radius 2 is 1.90 bits per heavy atom. The fraction of sp³-hybridized carbons (Fsp3) is 0.667. The van der Waals surface area contributed by atoms with E-state index in [9.17, 15) is 13.2 Å². The van der Waals surface area contributed by atoms with E-state index in [1.165, 1.54) is 4.90 Å². The Kier molecular flexibility index (Phi) is 5.11. The van der Waals surface area contributed by atoms with E-state index in [4.69, 9.17) is 10.2 Å². The Hall–Kier alpha value is -0.570. The molecule has 0 aromatic carbocycles. The van der Waals surface area contributed by atoms with E-state index in [1.54, 1.807) is 6.07 Å². The Morgan fingerprint density at radius 3 is 2.35 bits per heavy atom. The third kappa shape index (κ3) is 4.21. The second-order valence-electron chi connectivity index (χ2n) is 4.82. The predicted octanol–water partition coefficient (Wildman–Crippen LogP) is 2.22. The number of alkyl halides is 3. The summed E-state index contributed by atoms with van der Waals surface area (Å²) < 4.78 is 43.1. The van der Waals surface area contributed by atoms with Crippen molar-refractivity contribution in [2.24, 2.45) is 5.73 Å². The molecule has 0 bridgehead atoms. The molecule has 0 spiro atoms. The van der Waals surface area contributed by atoms with Crippen LogP contribution in [-0.4, -0.2) is 55.2 Å². The summed E-state index contributed by atoms with van der Waals surface area (Å²) in [7, 11) is 0. The molecule has 1 aliphatic heterocycles. The van der Waals surface area contributed by atoms with Crippen molar-refractivity contribution < 1.29 is 17.6 Å². The topological polar surface area (TPSA) is 45.6 Å². The molecule has 0 aliphatic carbocycles. The lowest BCUT2D eigenvalue weighted by Crippen LogP contribution is -2.51. The highest BCUT2D eigenvalue weighted by molar-refractivity contribution is 9.10. The zero-order chi connectivity index (χ0) is 14.8. The predicted molar refractivity (Wildman–Crippen MR) is 72.3 cm³/mol. The van der Waals surface area contributed by atoms with Crippen LogP contribution < -0.4 is 5.73 Å². The Labute approximate surface area is 123 Å². The minimum atomic E-state index is -4.14. The minimum absolute atomic E-state index is 0.0886. The molecule has 1 fully saturated rings. The first-order valence-corrected chi connectivity index (χ1v) is 7.17. The van der Waals surface area contributed by atoms with Crippen LogP contribution in [0.15, 0.2) is 21.2 Å². The summed E-state index contributed by atoms with van der Waals surface area (Å²) in [5.74, 6) is 0.739. The summed E-state index contributed by atoms with van der Waals surface area (Å²) in [4.78, 5) is 3.49. The molecule has 114 valence electrons. The third-order valence-electron chi connectivity index (χ3n) is 3.40. The second-order valence-corrected chi connectivity index (χ2v) is 5.60. The highest BCUT2D eigenvalue weighted by atomic mass is 79.9. The van der Waals surface area contributed by atoms with Gasteiger partial charge in [0.05, 0.1) is 12.6 Å². The quantitative estimate of drug-likeness (QED) is 0.899. The molecule has 8 heteroatoms. The average Bonchev–Trinajstić information content (AvgIpc) is 2.77. The van der Waals surface area contributed by atoms with Crippen LogP contribution in [0.4, 0.5) is 13.2 Å². The van der Waals surface area contributed by atoms with Crippen LogP contribution in [0.5, 0.6) is 0 Å². The SMILES string of the molecule is NCC(c1ccc(Br)o1)N1CCN(CC(F)(F)F)CC1. The molecule has 1 aromatic heterocycles. The van der Waals surface area contributed by atoms with Gasteiger partial charge in [-0.1, -0.05) is 0 Å². The van der Waals surface area contributed by atoms with Gasteiger partial charge in [-0.3, -0.25) is 9.80 Å². The van der Waals surface area contributed by atoms with Crippen molar-refractivity contribution in [2.75, 3.05) is 39.3 Å². The molecule has 1 unspecified atom stereocenters. The zero-order valence-electron chi connectivity index (χ0n) is 10.9. The molecule has 2 rings (SSSR count). The molecule has 1 saturated heterocycles. The maximum Gasteiger partial charge on any atom is 0.401 e. The van der Waals surface area contributed by atoms with Crippen molar-refractivity contribution in [3.05, 3.63) is 22.6 Å². The highest BCUT2D eigenvalue weighted by Gasteiger charge is 2.33. The van der Waals surface area contributed by atoms with Gasteiger partial charge in [-0.2, -0.15) is 13.2 Å². The van der Waals surface area contributed by atoms with Crippen molar-refractivity contribution in [1.82, 2.24) is 9.80 Å². The van der Waals surface area contributed by atoms with Gasteiger partial charge in [0.15, 0.2) is 4.67 Å². The molecular weight excluding hydrogens is 339 g/mol. The molecule has 0 saturated carbocycles. The van der Waals surface area contributed by atoms with Gasteiger partial charge < -0.3 is 10.2 Å². The van der Waals surface area contributed by atoms with Crippen molar-refractivity contribution in [3.8, 4) is 0 Å². The van der Waals surface area contributed by atoms with Crippen molar-refractivity contribution in [1.29, 1.82) is 0 Å². The summed E-state index contributed by atoms with van der Waals surface area (Å²) >= 11 is 3.24. The van der Waals surface area contributed by atoms with Gasteiger partial charge in [0, 0.05) is 32.7 Å². The van der Waals surface area contributed by atoms with Gasteiger partial charge >= 0.3 is 6.18 Å². The number of hydrogen-bond donors (Lipinski definition) is 1. The Bertz CT molecular complexity index is 430. The standard InChI is InChI=1S/C12H17BrF3N3O/c13-11-2-1-10(20-11)9(7-17)19-5-3-18(4-6-19)8-12(14,15)16/h1-2,9H,3-8,17H2. The van der Waals surface area contributed by atoms with Crippen molar-refractivity contribution in [3.63, 3.8) is 0 Å². The molecular formula is C12H17BrF3N3O. The first-order chi connectivity index (χ1) is 9.39. The molecule has 0 amide bonds. The Balaban J connectivity index is 1.92. The van der Waals surface area contributed by atoms with E-state index in [-0.39, 0.29) is 6.04 Å². The van der Waals surface area contributed by atoms with Crippen LogP contribution in [0.3, 0.4) is 0 Å². The molecule has 1 atom stereocenters. The summed E-state index contributed by atoms with van der Waals surface area (Å²) in [6, 6.07) is 3.54. The lowest BCUT2D eigenvalue weighted by Gasteiger charge is -2.38. The minimum Gasteiger partial charge on any atom is -0.453 e. The summed E-state index contributed by atoms with van der Waals surface area (Å²) in [6.45, 7) is 1.40. The van der Waals surface area contributed by atoms with Gasteiger partial charge in [0.1, 0.15) is 5.76 Å². The van der Waals surface area contributed by atoms with Crippen LogP contribution in [0.25, 0.3) is 0 Å². The van der Waals surface area contributed by atoms with E-state index < -0.39 is 12.7 Å². The van der Waals surface area contributed by atoms with E-state index in [2.05, 4.69) is 20.8 Å². The molecule has 0 radical (unpaired) electrons. The van der Waals surface area contributed by atoms with Crippen LogP contribution in [0.1, 0.15) is 11.8 Å². The van der Waals surface area contributed by atoms with Crippen LogP contribution in [0, 0.1) is 0 Å². The molecule has 4 nitrogen and oxygen atoms in total. The van der Waals surface area contributed by atoms with Crippen LogP contribution in [0.2, 0.25) is 0 Å². The molecule has 1 aliphatic rings. The maximum atomic E-state index is 12.3. The third-order valence-corrected chi connectivity index (χ3v) is 3.82. The van der Waals surface area contributed by atoms with E-state index >= 15 is 0 Å². The van der Waals surface area contributed by atoms with Gasteiger partial charge in [-0.05, 0) is 28.1 Å². The molecule has 2 N–H and O–H groups in total. The first kappa shape index (κ1) is 15.8. The second kappa shape index (κ2) is 6.46. The normalized spacial score (nSPS) is 20.2. The molecule has 20 heavy (non-hydrogen) atoms. The van der Waals surface area contributed by atoms with Gasteiger partial charge in [-0.15, -0.1) is 0 Å².